The zero-order valence-corrected chi connectivity index (χ0v) is 12.4. The molecule has 21 heavy (non-hydrogen) atoms. The van der Waals surface area contributed by atoms with Gasteiger partial charge < -0.3 is 10.4 Å². The number of benzene rings is 1. The summed E-state index contributed by atoms with van der Waals surface area (Å²) in [6, 6.07) is 9.35. The first kappa shape index (κ1) is 15.2. The van der Waals surface area contributed by atoms with Crippen molar-refractivity contribution in [1.82, 2.24) is 20.3 Å². The highest BCUT2D eigenvalue weighted by Crippen LogP contribution is 2.14. The van der Waals surface area contributed by atoms with Crippen LogP contribution in [-0.4, -0.2) is 38.2 Å². The molecule has 6 heteroatoms. The first-order chi connectivity index (χ1) is 9.90. The molecule has 112 valence electrons. The van der Waals surface area contributed by atoms with E-state index in [1.165, 1.54) is 11.0 Å². The summed E-state index contributed by atoms with van der Waals surface area (Å²) in [5.41, 5.74) is 0.0505. The van der Waals surface area contributed by atoms with Crippen LogP contribution in [0.1, 0.15) is 31.3 Å². The van der Waals surface area contributed by atoms with Gasteiger partial charge in [-0.1, -0.05) is 32.0 Å². The number of nitrogens with one attached hydrogen (secondary N) is 1. The lowest BCUT2D eigenvalue weighted by Gasteiger charge is -2.27. The maximum absolute atomic E-state index is 12.0. The molecule has 0 aliphatic heterocycles. The Morgan fingerprint density at radius 1 is 1.38 bits per heavy atom. The van der Waals surface area contributed by atoms with Crippen LogP contribution in [0, 0.1) is 5.92 Å². The minimum atomic E-state index is -0.953. The Morgan fingerprint density at radius 2 is 2.05 bits per heavy atom. The highest BCUT2D eigenvalue weighted by atomic mass is 16.3. The highest BCUT2D eigenvalue weighted by Gasteiger charge is 2.26. The van der Waals surface area contributed by atoms with Crippen molar-refractivity contribution >= 4 is 5.91 Å². The predicted octanol–water partition coefficient (Wildman–Crippen LogP) is 1.40. The van der Waals surface area contributed by atoms with Gasteiger partial charge >= 0.3 is 0 Å². The summed E-state index contributed by atoms with van der Waals surface area (Å²) in [4.78, 5) is 13.4. The van der Waals surface area contributed by atoms with Gasteiger partial charge in [-0.3, -0.25) is 4.79 Å². The van der Waals surface area contributed by atoms with E-state index in [-0.39, 0.29) is 24.1 Å². The van der Waals surface area contributed by atoms with Crippen molar-refractivity contribution in [3.8, 4) is 5.69 Å². The Labute approximate surface area is 123 Å². The minimum Gasteiger partial charge on any atom is -0.388 e. The third-order valence-electron chi connectivity index (χ3n) is 3.56. The molecular weight excluding hydrogens is 268 g/mol. The second-order valence-corrected chi connectivity index (χ2v) is 5.55. The number of amides is 1. The fraction of sp³-hybridized carbons (Fsp3) is 0.400. The molecule has 0 bridgehead atoms. The zero-order valence-electron chi connectivity index (χ0n) is 12.4. The molecular formula is C15H20N4O2. The molecule has 1 aromatic heterocycles. The second kappa shape index (κ2) is 6.05. The average Bonchev–Trinajstić information content (AvgIpc) is 2.95. The van der Waals surface area contributed by atoms with E-state index < -0.39 is 5.60 Å². The van der Waals surface area contributed by atoms with Crippen molar-refractivity contribution in [3.05, 3.63) is 42.2 Å². The first-order valence-electron chi connectivity index (χ1n) is 6.88. The van der Waals surface area contributed by atoms with E-state index in [4.69, 9.17) is 0 Å². The molecule has 0 saturated carbocycles. The highest BCUT2D eigenvalue weighted by molar-refractivity contribution is 5.91. The molecule has 1 atom stereocenters. The number of aromatic nitrogens is 3. The molecule has 2 aromatic rings. The topological polar surface area (TPSA) is 80.0 Å². The van der Waals surface area contributed by atoms with Crippen LogP contribution in [-0.2, 0) is 0 Å². The summed E-state index contributed by atoms with van der Waals surface area (Å²) in [7, 11) is 0. The van der Waals surface area contributed by atoms with E-state index in [2.05, 4.69) is 15.5 Å². The molecule has 0 radical (unpaired) electrons. The van der Waals surface area contributed by atoms with Crippen molar-refractivity contribution in [1.29, 1.82) is 0 Å². The molecule has 0 saturated heterocycles. The molecule has 6 nitrogen and oxygen atoms in total. The lowest BCUT2D eigenvalue weighted by atomic mass is 9.92. The third-order valence-corrected chi connectivity index (χ3v) is 3.56. The van der Waals surface area contributed by atoms with E-state index in [9.17, 15) is 9.90 Å². The second-order valence-electron chi connectivity index (χ2n) is 5.55. The molecule has 0 fully saturated rings. The molecule has 1 amide bonds. The van der Waals surface area contributed by atoms with E-state index >= 15 is 0 Å². The number of aliphatic hydroxyl groups is 1. The Bertz CT molecular complexity index is 605. The van der Waals surface area contributed by atoms with Crippen LogP contribution in [0.5, 0.6) is 0 Å². The minimum absolute atomic E-state index is 0.0396. The van der Waals surface area contributed by atoms with Gasteiger partial charge in [0.1, 0.15) is 0 Å². The summed E-state index contributed by atoms with van der Waals surface area (Å²) in [5.74, 6) is -0.309. The van der Waals surface area contributed by atoms with Gasteiger partial charge in [-0.25, -0.2) is 0 Å². The number of carbonyl (C=O) groups is 1. The van der Waals surface area contributed by atoms with Gasteiger partial charge in [0.25, 0.3) is 5.91 Å². The van der Waals surface area contributed by atoms with Gasteiger partial charge in [-0.05, 0) is 25.0 Å². The van der Waals surface area contributed by atoms with E-state index in [1.54, 1.807) is 6.92 Å². The number of nitrogens with zero attached hydrogens (tertiary/aromatic N) is 3. The number of para-hydroxylation sites is 1. The molecule has 1 aromatic carbocycles. The van der Waals surface area contributed by atoms with Gasteiger partial charge in [0.2, 0.25) is 0 Å². The SMILES string of the molecule is CC(C)C(C)(O)CNC(=O)c1cnn(-c2ccccc2)n1. The van der Waals surface area contributed by atoms with Crippen molar-refractivity contribution < 1.29 is 9.90 Å². The molecule has 0 spiro atoms. The van der Waals surface area contributed by atoms with Crippen molar-refractivity contribution in [2.75, 3.05) is 6.54 Å². The summed E-state index contributed by atoms with van der Waals surface area (Å²) in [6.07, 6.45) is 1.41. The third kappa shape index (κ3) is 3.66. The van der Waals surface area contributed by atoms with Crippen LogP contribution in [0.3, 0.4) is 0 Å². The van der Waals surface area contributed by atoms with Crippen LogP contribution >= 0.6 is 0 Å². The van der Waals surface area contributed by atoms with Crippen LogP contribution in [0.25, 0.3) is 5.69 Å². The smallest absolute Gasteiger partial charge is 0.273 e. The van der Waals surface area contributed by atoms with Gasteiger partial charge in [-0.2, -0.15) is 9.90 Å². The van der Waals surface area contributed by atoms with Crippen molar-refractivity contribution in [2.24, 2.45) is 5.92 Å². The summed E-state index contributed by atoms with van der Waals surface area (Å²) >= 11 is 0. The molecule has 0 aliphatic rings. The largest absolute Gasteiger partial charge is 0.388 e. The van der Waals surface area contributed by atoms with Crippen LogP contribution in [0.15, 0.2) is 36.5 Å². The van der Waals surface area contributed by atoms with Crippen LogP contribution in [0.4, 0.5) is 0 Å². The first-order valence-corrected chi connectivity index (χ1v) is 6.88. The Kier molecular flexibility index (Phi) is 4.37. The standard InChI is InChI=1S/C15H20N4O2/c1-11(2)15(3,21)10-16-14(20)13-9-17-19(18-13)12-7-5-4-6-8-12/h4-9,11,21H,10H2,1-3H3,(H,16,20). The average molecular weight is 288 g/mol. The number of carbonyl (C=O) groups excluding carboxylic acids is 1. The fourth-order valence-corrected chi connectivity index (χ4v) is 1.61. The van der Waals surface area contributed by atoms with Crippen molar-refractivity contribution in [3.63, 3.8) is 0 Å². The summed E-state index contributed by atoms with van der Waals surface area (Å²) in [6.45, 7) is 5.66. The quantitative estimate of drug-likeness (QED) is 0.871. The molecule has 1 unspecified atom stereocenters. The number of hydrogen-bond acceptors (Lipinski definition) is 4. The fourth-order valence-electron chi connectivity index (χ4n) is 1.61. The lowest BCUT2D eigenvalue weighted by Crippen LogP contribution is -2.44. The van der Waals surface area contributed by atoms with Gasteiger partial charge in [-0.15, -0.1) is 5.10 Å². The maximum Gasteiger partial charge on any atom is 0.273 e. The number of rotatable bonds is 5. The molecule has 2 rings (SSSR count). The molecule has 1 heterocycles. The van der Waals surface area contributed by atoms with Crippen LogP contribution in [0.2, 0.25) is 0 Å². The Balaban J connectivity index is 2.03. The monoisotopic (exact) mass is 288 g/mol. The lowest BCUT2D eigenvalue weighted by molar-refractivity contribution is 0.0142. The Hall–Kier alpha value is -2.21. The van der Waals surface area contributed by atoms with E-state index in [1.807, 2.05) is 44.2 Å². The molecule has 2 N–H and O–H groups in total. The number of hydrogen-bond donors (Lipinski definition) is 2. The summed E-state index contributed by atoms with van der Waals surface area (Å²) in [5, 5.41) is 21.0. The zero-order chi connectivity index (χ0) is 15.5. The van der Waals surface area contributed by atoms with Crippen LogP contribution < -0.4 is 5.32 Å². The van der Waals surface area contributed by atoms with Gasteiger partial charge in [0.15, 0.2) is 5.69 Å². The summed E-state index contributed by atoms with van der Waals surface area (Å²) < 4.78 is 0. The maximum atomic E-state index is 12.0. The molecule has 0 aliphatic carbocycles. The van der Waals surface area contributed by atoms with Gasteiger partial charge in [0, 0.05) is 6.54 Å². The van der Waals surface area contributed by atoms with Gasteiger partial charge in [0.05, 0.1) is 17.5 Å². The Morgan fingerprint density at radius 3 is 2.67 bits per heavy atom. The van der Waals surface area contributed by atoms with E-state index in [0.29, 0.717) is 0 Å². The normalized spacial score (nSPS) is 14.0. The van der Waals surface area contributed by atoms with Crippen molar-refractivity contribution in [2.45, 2.75) is 26.4 Å². The van der Waals surface area contributed by atoms with E-state index in [0.717, 1.165) is 5.69 Å². The predicted molar refractivity (Wildman–Crippen MR) is 79.2 cm³/mol.